The van der Waals surface area contributed by atoms with Crippen molar-refractivity contribution in [2.24, 2.45) is 5.92 Å². The molecule has 1 aliphatic rings. The summed E-state index contributed by atoms with van der Waals surface area (Å²) in [5.41, 5.74) is 0.652. The summed E-state index contributed by atoms with van der Waals surface area (Å²) in [6.45, 7) is 4.99. The SMILES string of the molecule is CC(C)C(=O)NCCC(=O)Nc1ccc2c(c1)OCCO2. The molecular weight excluding hydrogens is 272 g/mol. The van der Waals surface area contributed by atoms with E-state index in [0.29, 0.717) is 36.9 Å². The van der Waals surface area contributed by atoms with Gasteiger partial charge in [0.25, 0.3) is 0 Å². The number of fused-ring (bicyclic) bond motifs is 1. The molecule has 21 heavy (non-hydrogen) atoms. The number of benzene rings is 1. The number of hydrogen-bond donors (Lipinski definition) is 2. The Labute approximate surface area is 123 Å². The highest BCUT2D eigenvalue weighted by atomic mass is 16.6. The number of nitrogens with one attached hydrogen (secondary N) is 2. The van der Waals surface area contributed by atoms with E-state index >= 15 is 0 Å². The Bertz CT molecular complexity index is 528. The van der Waals surface area contributed by atoms with E-state index in [1.807, 2.05) is 13.8 Å². The zero-order valence-corrected chi connectivity index (χ0v) is 12.3. The third kappa shape index (κ3) is 4.37. The normalized spacial score (nSPS) is 12.9. The lowest BCUT2D eigenvalue weighted by Gasteiger charge is -2.19. The molecule has 0 aliphatic carbocycles. The Morgan fingerprint density at radius 3 is 2.62 bits per heavy atom. The van der Waals surface area contributed by atoms with Gasteiger partial charge in [0.15, 0.2) is 11.5 Å². The van der Waals surface area contributed by atoms with E-state index in [1.54, 1.807) is 18.2 Å². The first-order valence-corrected chi connectivity index (χ1v) is 7.03. The largest absolute Gasteiger partial charge is 0.486 e. The molecule has 0 saturated carbocycles. The molecule has 0 aromatic heterocycles. The minimum absolute atomic E-state index is 0.0536. The van der Waals surface area contributed by atoms with Gasteiger partial charge < -0.3 is 20.1 Å². The Morgan fingerprint density at radius 1 is 1.19 bits per heavy atom. The molecule has 0 radical (unpaired) electrons. The van der Waals surface area contributed by atoms with Crippen molar-refractivity contribution in [1.29, 1.82) is 0 Å². The summed E-state index contributed by atoms with van der Waals surface area (Å²) in [6, 6.07) is 5.27. The molecule has 6 heteroatoms. The molecule has 2 N–H and O–H groups in total. The van der Waals surface area contributed by atoms with Crippen molar-refractivity contribution < 1.29 is 19.1 Å². The molecule has 1 heterocycles. The predicted molar refractivity (Wildman–Crippen MR) is 78.5 cm³/mol. The van der Waals surface area contributed by atoms with E-state index in [0.717, 1.165) is 0 Å². The number of ether oxygens (including phenoxy) is 2. The zero-order valence-electron chi connectivity index (χ0n) is 12.3. The van der Waals surface area contributed by atoms with Gasteiger partial charge in [-0.25, -0.2) is 0 Å². The van der Waals surface area contributed by atoms with Crippen LogP contribution in [0.4, 0.5) is 5.69 Å². The number of hydrogen-bond acceptors (Lipinski definition) is 4. The summed E-state index contributed by atoms with van der Waals surface area (Å²) in [7, 11) is 0. The molecule has 1 aromatic rings. The smallest absolute Gasteiger partial charge is 0.226 e. The predicted octanol–water partition coefficient (Wildman–Crippen LogP) is 1.56. The number of carbonyl (C=O) groups excluding carboxylic acids is 2. The van der Waals surface area contributed by atoms with E-state index in [-0.39, 0.29) is 24.2 Å². The van der Waals surface area contributed by atoms with Gasteiger partial charge in [0, 0.05) is 30.6 Å². The molecule has 1 aromatic carbocycles. The van der Waals surface area contributed by atoms with Crippen molar-refractivity contribution in [3.8, 4) is 11.5 Å². The van der Waals surface area contributed by atoms with Crippen LogP contribution < -0.4 is 20.1 Å². The van der Waals surface area contributed by atoms with Crippen LogP contribution in [0.15, 0.2) is 18.2 Å². The first kappa shape index (κ1) is 15.2. The second-order valence-corrected chi connectivity index (χ2v) is 5.10. The molecule has 0 fully saturated rings. The van der Waals surface area contributed by atoms with Crippen LogP contribution in [0, 0.1) is 5.92 Å². The highest BCUT2D eigenvalue weighted by molar-refractivity contribution is 5.91. The molecule has 6 nitrogen and oxygen atoms in total. The Morgan fingerprint density at radius 2 is 1.90 bits per heavy atom. The first-order valence-electron chi connectivity index (χ1n) is 7.03. The maximum Gasteiger partial charge on any atom is 0.226 e. The Hall–Kier alpha value is -2.24. The second kappa shape index (κ2) is 6.97. The Balaban J connectivity index is 1.81. The number of carbonyl (C=O) groups is 2. The van der Waals surface area contributed by atoms with Gasteiger partial charge in [-0.1, -0.05) is 13.8 Å². The monoisotopic (exact) mass is 292 g/mol. The Kier molecular flexibility index (Phi) is 5.03. The van der Waals surface area contributed by atoms with Gasteiger partial charge in [-0.15, -0.1) is 0 Å². The van der Waals surface area contributed by atoms with Crippen molar-refractivity contribution in [3.05, 3.63) is 18.2 Å². The maximum absolute atomic E-state index is 11.8. The molecule has 2 rings (SSSR count). The second-order valence-electron chi connectivity index (χ2n) is 5.10. The minimum Gasteiger partial charge on any atom is -0.486 e. The van der Waals surface area contributed by atoms with Crippen LogP contribution in [0.3, 0.4) is 0 Å². The zero-order chi connectivity index (χ0) is 15.2. The summed E-state index contributed by atoms with van der Waals surface area (Å²) >= 11 is 0. The van der Waals surface area contributed by atoms with E-state index in [2.05, 4.69) is 10.6 Å². The van der Waals surface area contributed by atoms with Crippen LogP contribution in [0.25, 0.3) is 0 Å². The van der Waals surface area contributed by atoms with E-state index in [4.69, 9.17) is 9.47 Å². The standard InChI is InChI=1S/C15H20N2O4/c1-10(2)15(19)16-6-5-14(18)17-11-3-4-12-13(9-11)21-8-7-20-12/h3-4,9-10H,5-8H2,1-2H3,(H,16,19)(H,17,18). The lowest BCUT2D eigenvalue weighted by Crippen LogP contribution is -2.30. The highest BCUT2D eigenvalue weighted by Gasteiger charge is 2.13. The first-order chi connectivity index (χ1) is 10.1. The number of anilines is 1. The molecule has 114 valence electrons. The average Bonchev–Trinajstić information content (AvgIpc) is 2.46. The summed E-state index contributed by atoms with van der Waals surface area (Å²) in [5, 5.41) is 5.47. The molecule has 0 unspecified atom stereocenters. The maximum atomic E-state index is 11.8. The van der Waals surface area contributed by atoms with Gasteiger partial charge in [-0.2, -0.15) is 0 Å². The van der Waals surface area contributed by atoms with Crippen LogP contribution >= 0.6 is 0 Å². The highest BCUT2D eigenvalue weighted by Crippen LogP contribution is 2.32. The fourth-order valence-corrected chi connectivity index (χ4v) is 1.85. The lowest BCUT2D eigenvalue weighted by molar-refractivity contribution is -0.124. The minimum atomic E-state index is -0.157. The molecule has 0 atom stereocenters. The number of rotatable bonds is 5. The van der Waals surface area contributed by atoms with Gasteiger partial charge >= 0.3 is 0 Å². The van der Waals surface area contributed by atoms with Crippen molar-refractivity contribution in [2.75, 3.05) is 25.1 Å². The van der Waals surface area contributed by atoms with Crippen LogP contribution in [-0.4, -0.2) is 31.6 Å². The topological polar surface area (TPSA) is 76.7 Å². The average molecular weight is 292 g/mol. The lowest BCUT2D eigenvalue weighted by atomic mass is 10.2. The van der Waals surface area contributed by atoms with Gasteiger partial charge in [0.05, 0.1) is 0 Å². The quantitative estimate of drug-likeness (QED) is 0.863. The number of amides is 2. The van der Waals surface area contributed by atoms with Crippen LogP contribution in [0.2, 0.25) is 0 Å². The van der Waals surface area contributed by atoms with E-state index in [1.165, 1.54) is 0 Å². The van der Waals surface area contributed by atoms with Gasteiger partial charge in [-0.3, -0.25) is 9.59 Å². The molecule has 0 saturated heterocycles. The van der Waals surface area contributed by atoms with Crippen LogP contribution in [0.1, 0.15) is 20.3 Å². The third-order valence-corrected chi connectivity index (χ3v) is 3.00. The fraction of sp³-hybridized carbons (Fsp3) is 0.467. The summed E-state index contributed by atoms with van der Waals surface area (Å²) in [6.07, 6.45) is 0.229. The van der Waals surface area contributed by atoms with Crippen LogP contribution in [0.5, 0.6) is 11.5 Å². The van der Waals surface area contributed by atoms with Gasteiger partial charge in [0.2, 0.25) is 11.8 Å². The van der Waals surface area contributed by atoms with E-state index < -0.39 is 0 Å². The molecule has 1 aliphatic heterocycles. The van der Waals surface area contributed by atoms with Crippen molar-refractivity contribution in [3.63, 3.8) is 0 Å². The van der Waals surface area contributed by atoms with Crippen molar-refractivity contribution in [2.45, 2.75) is 20.3 Å². The molecular formula is C15H20N2O4. The molecule has 0 spiro atoms. The summed E-state index contributed by atoms with van der Waals surface area (Å²) in [5.74, 6) is 1.03. The van der Waals surface area contributed by atoms with Crippen molar-refractivity contribution >= 4 is 17.5 Å². The van der Waals surface area contributed by atoms with Crippen LogP contribution in [-0.2, 0) is 9.59 Å². The van der Waals surface area contributed by atoms with Gasteiger partial charge in [0.1, 0.15) is 13.2 Å². The summed E-state index contributed by atoms with van der Waals surface area (Å²) in [4.78, 5) is 23.2. The molecule has 0 bridgehead atoms. The summed E-state index contributed by atoms with van der Waals surface area (Å²) < 4.78 is 10.9. The van der Waals surface area contributed by atoms with Gasteiger partial charge in [-0.05, 0) is 12.1 Å². The molecule has 2 amide bonds. The van der Waals surface area contributed by atoms with E-state index in [9.17, 15) is 9.59 Å². The third-order valence-electron chi connectivity index (χ3n) is 3.00. The fourth-order valence-electron chi connectivity index (χ4n) is 1.85. The van der Waals surface area contributed by atoms with Crippen molar-refractivity contribution in [1.82, 2.24) is 5.32 Å².